The second-order valence-electron chi connectivity index (χ2n) is 13.0. The number of aromatic nitrogens is 2. The van der Waals surface area contributed by atoms with Gasteiger partial charge in [0.2, 0.25) is 23.6 Å². The second-order valence-corrected chi connectivity index (χ2v) is 13.9. The van der Waals surface area contributed by atoms with Crippen LogP contribution in [0.4, 0.5) is 0 Å². The highest BCUT2D eigenvalue weighted by atomic mass is 32.1. The maximum atomic E-state index is 14.0. The summed E-state index contributed by atoms with van der Waals surface area (Å²) in [6.45, 7) is 5.93. The molecule has 294 valence electrons. The van der Waals surface area contributed by atoms with Gasteiger partial charge >= 0.3 is 0 Å². The van der Waals surface area contributed by atoms with Gasteiger partial charge in [0.1, 0.15) is 34.2 Å². The minimum absolute atomic E-state index is 0.0711. The van der Waals surface area contributed by atoms with Crippen LogP contribution in [0.15, 0.2) is 41.5 Å². The molecule has 1 aromatic carbocycles. The lowest BCUT2D eigenvalue weighted by atomic mass is 9.94. The number of nitrogens with zero attached hydrogens (tertiary/aromatic N) is 2. The summed E-state index contributed by atoms with van der Waals surface area (Å²) >= 11 is 1.08. The number of H-pyrrole nitrogens is 1. The predicted molar refractivity (Wildman–Crippen MR) is 200 cm³/mol. The highest BCUT2D eigenvalue weighted by Crippen LogP contribution is 2.28. The molecule has 1 aliphatic heterocycles. The maximum Gasteiger partial charge on any atom is 0.271 e. The monoisotopic (exact) mass is 779 g/mol. The Labute approximate surface area is 320 Å². The third-order valence-corrected chi connectivity index (χ3v) is 10.1. The Balaban J connectivity index is 1.71. The van der Waals surface area contributed by atoms with Crippen molar-refractivity contribution >= 4 is 69.4 Å². The highest BCUT2D eigenvalue weighted by Gasteiger charge is 2.42. The number of Topliss-reactive ketones (excluding diaryl/α,β-unsaturated/α-hetero) is 1. The van der Waals surface area contributed by atoms with Crippen molar-refractivity contribution in [3.8, 4) is 5.75 Å². The number of fused-ring (bicyclic) bond motifs is 3. The van der Waals surface area contributed by atoms with E-state index in [4.69, 9.17) is 4.74 Å². The number of allylic oxidation sites excluding steroid dienone is 1. The van der Waals surface area contributed by atoms with Crippen LogP contribution in [0.1, 0.15) is 68.1 Å². The van der Waals surface area contributed by atoms with Gasteiger partial charge in [0.15, 0.2) is 11.3 Å². The predicted octanol–water partition coefficient (Wildman–Crippen LogP) is 0.118. The lowest BCUT2D eigenvalue weighted by Crippen LogP contribution is -2.65. The number of carbonyl (C=O) groups excluding carboxylic acids is 8. The highest BCUT2D eigenvalue weighted by molar-refractivity contribution is 7.09. The van der Waals surface area contributed by atoms with Crippen molar-refractivity contribution in [2.45, 2.75) is 71.1 Å². The molecule has 7 N–H and O–H groups in total. The van der Waals surface area contributed by atoms with Gasteiger partial charge in [-0.2, -0.15) is 0 Å². The summed E-state index contributed by atoms with van der Waals surface area (Å²) < 4.78 is 5.44. The number of methoxy groups -OCH3 is 1. The molecule has 0 saturated heterocycles. The van der Waals surface area contributed by atoms with E-state index in [1.807, 2.05) is 0 Å². The number of aromatic amines is 1. The third kappa shape index (κ3) is 9.71. The molecule has 0 fully saturated rings. The second kappa shape index (κ2) is 17.8. The fourth-order valence-electron chi connectivity index (χ4n) is 5.66. The van der Waals surface area contributed by atoms with Gasteiger partial charge < -0.3 is 46.5 Å². The van der Waals surface area contributed by atoms with Crippen molar-refractivity contribution in [1.82, 2.24) is 46.8 Å². The van der Waals surface area contributed by atoms with E-state index in [9.17, 15) is 38.4 Å². The molecule has 1 aliphatic rings. The molecule has 0 saturated carbocycles. The lowest BCUT2D eigenvalue weighted by Gasteiger charge is -2.29. The molecular weight excluding hydrogens is 735 g/mol. The number of benzene rings is 1. The van der Waals surface area contributed by atoms with E-state index in [0.717, 1.165) is 30.1 Å². The van der Waals surface area contributed by atoms with E-state index in [-0.39, 0.29) is 24.2 Å². The van der Waals surface area contributed by atoms with E-state index in [2.05, 4.69) is 41.9 Å². The molecule has 0 aliphatic carbocycles. The molecular formula is C36H45N9O9S. The van der Waals surface area contributed by atoms with Crippen LogP contribution in [0, 0.1) is 0 Å². The summed E-state index contributed by atoms with van der Waals surface area (Å²) in [7, 11) is 2.88. The number of hydrogen-bond donors (Lipinski definition) is 7. The zero-order chi connectivity index (χ0) is 40.6. The Morgan fingerprint density at radius 3 is 2.44 bits per heavy atom. The summed E-state index contributed by atoms with van der Waals surface area (Å²) in [5.74, 6) is -5.68. The van der Waals surface area contributed by atoms with Crippen LogP contribution in [-0.4, -0.2) is 107 Å². The number of carbonyl (C=O) groups is 8. The van der Waals surface area contributed by atoms with Crippen molar-refractivity contribution in [2.24, 2.45) is 0 Å². The molecule has 0 spiro atoms. The zero-order valence-corrected chi connectivity index (χ0v) is 32.3. The summed E-state index contributed by atoms with van der Waals surface area (Å²) in [5.41, 5.74) is -1.17. The first kappa shape index (κ1) is 41.6. The largest absolute Gasteiger partial charge is 0.495 e. The first-order chi connectivity index (χ1) is 26.0. The van der Waals surface area contributed by atoms with Crippen molar-refractivity contribution < 1.29 is 43.1 Å². The molecule has 2 bridgehead atoms. The smallest absolute Gasteiger partial charge is 0.271 e. The molecule has 7 amide bonds. The van der Waals surface area contributed by atoms with Crippen LogP contribution < -0.4 is 36.6 Å². The van der Waals surface area contributed by atoms with Gasteiger partial charge in [-0.1, -0.05) is 25.1 Å². The van der Waals surface area contributed by atoms with Crippen molar-refractivity contribution in [2.75, 3.05) is 27.2 Å². The molecule has 0 radical (unpaired) electrons. The van der Waals surface area contributed by atoms with Gasteiger partial charge in [-0.3, -0.25) is 38.4 Å². The Bertz CT molecular complexity index is 2040. The van der Waals surface area contributed by atoms with Crippen LogP contribution in [0.5, 0.6) is 5.75 Å². The van der Waals surface area contributed by atoms with Gasteiger partial charge in [0, 0.05) is 30.4 Å². The van der Waals surface area contributed by atoms with E-state index in [1.54, 1.807) is 38.2 Å². The number of hydrogen-bond acceptors (Lipinski definition) is 11. The molecule has 4 atom stereocenters. The number of amides is 7. The topological polar surface area (TPSA) is 250 Å². The normalized spacial score (nSPS) is 23.5. The summed E-state index contributed by atoms with van der Waals surface area (Å²) in [4.78, 5) is 115. The van der Waals surface area contributed by atoms with Crippen LogP contribution in [0.25, 0.3) is 10.9 Å². The van der Waals surface area contributed by atoms with Crippen molar-refractivity contribution in [3.05, 3.63) is 57.8 Å². The maximum absolute atomic E-state index is 14.0. The quantitative estimate of drug-likeness (QED) is 0.136. The number of ether oxygens (including phenoxy) is 1. The molecule has 19 heteroatoms. The fraction of sp³-hybridized carbons (Fsp3) is 0.417. The zero-order valence-electron chi connectivity index (χ0n) is 31.5. The SMILES string of the molecule is CC=C1NC(=O)[C@@H](CC)NC(=O)CNC(=O)[C@](C)(C(C)=O)NC(=O)[C@@H](Cc2c[nH]c3c(OC)cccc23)NC(=O)c2csc(n2)[C@@H](C)NC(=O)CN(C)C1=O. The van der Waals surface area contributed by atoms with E-state index >= 15 is 0 Å². The van der Waals surface area contributed by atoms with Crippen LogP contribution in [0.2, 0.25) is 0 Å². The minimum atomic E-state index is -2.20. The van der Waals surface area contributed by atoms with Crippen LogP contribution in [-0.2, 0) is 40.0 Å². The van der Waals surface area contributed by atoms with Crippen LogP contribution >= 0.6 is 11.3 Å². The van der Waals surface area contributed by atoms with Gasteiger partial charge in [-0.05, 0) is 45.7 Å². The number of likely N-dealkylation sites (N-methyl/N-ethyl adjacent to an activating group) is 1. The number of rotatable bonds is 5. The third-order valence-electron chi connectivity index (χ3n) is 9.04. The number of para-hydroxylation sites is 1. The Hall–Kier alpha value is -6.11. The standard InChI is InChI=1S/C36H45N9O9S/c1-8-22-30(49)41-23(9-2)34(52)45(6)16-28(48)39-18(3)33-43-25(17-55-33)31(50)42-24(13-20-14-37-29-21(20)11-10-12-26(29)54-7)32(51)44-36(5,19(4)46)35(53)38-15-27(47)40-22/h9-12,14,17-18,22,24,37H,8,13,15-16H2,1-7H3,(H,38,53)(H,39,48)(H,40,47)(H,41,49)(H,42,50)(H,44,51)/t18-,22-,24-,36+/m1/s1. The summed E-state index contributed by atoms with van der Waals surface area (Å²) in [6.07, 6.45) is 2.99. The number of ketones is 1. The average Bonchev–Trinajstić information content (AvgIpc) is 3.82. The van der Waals surface area contributed by atoms with Gasteiger partial charge in [-0.25, -0.2) is 4.98 Å². The number of nitrogens with one attached hydrogen (secondary N) is 7. The van der Waals surface area contributed by atoms with Gasteiger partial charge in [0.05, 0.1) is 31.8 Å². The fourth-order valence-corrected chi connectivity index (χ4v) is 6.47. The van der Waals surface area contributed by atoms with E-state index < -0.39 is 83.9 Å². The van der Waals surface area contributed by atoms with Crippen LogP contribution in [0.3, 0.4) is 0 Å². The Morgan fingerprint density at radius 1 is 1.05 bits per heavy atom. The summed E-state index contributed by atoms with van der Waals surface area (Å²) in [6, 6.07) is 2.11. The molecule has 18 nitrogen and oxygen atoms in total. The minimum Gasteiger partial charge on any atom is -0.495 e. The van der Waals surface area contributed by atoms with Gasteiger partial charge in [-0.15, -0.1) is 11.3 Å². The molecule has 55 heavy (non-hydrogen) atoms. The molecule has 3 aromatic rings. The van der Waals surface area contributed by atoms with Crippen molar-refractivity contribution in [1.29, 1.82) is 0 Å². The Kier molecular flexibility index (Phi) is 13.5. The first-order valence-electron chi connectivity index (χ1n) is 17.3. The molecule has 4 rings (SSSR count). The Morgan fingerprint density at radius 2 is 1.78 bits per heavy atom. The first-order valence-corrected chi connectivity index (χ1v) is 18.2. The summed E-state index contributed by atoms with van der Waals surface area (Å²) in [5, 5.41) is 17.6. The van der Waals surface area contributed by atoms with Gasteiger partial charge in [0.25, 0.3) is 17.7 Å². The molecule has 0 unspecified atom stereocenters. The molecule has 2 aromatic heterocycles. The lowest BCUT2D eigenvalue weighted by molar-refractivity contribution is -0.141. The average molecular weight is 780 g/mol. The molecule has 3 heterocycles. The number of thiazole rings is 1. The van der Waals surface area contributed by atoms with Crippen molar-refractivity contribution in [3.63, 3.8) is 0 Å². The van der Waals surface area contributed by atoms with E-state index in [1.165, 1.54) is 32.5 Å². The van der Waals surface area contributed by atoms with E-state index in [0.29, 0.717) is 27.2 Å².